The molecule has 1 aliphatic heterocycles. The zero-order chi connectivity index (χ0) is 19.3. The lowest BCUT2D eigenvalue weighted by molar-refractivity contribution is -0.131. The Labute approximate surface area is 156 Å². The first-order valence-electron chi connectivity index (χ1n) is 9.00. The summed E-state index contributed by atoms with van der Waals surface area (Å²) in [5, 5.41) is 0. The summed E-state index contributed by atoms with van der Waals surface area (Å²) in [7, 11) is -1.82. The number of benzene rings is 1. The Morgan fingerprint density at radius 2 is 1.77 bits per heavy atom. The van der Waals surface area contributed by atoms with Gasteiger partial charge in [-0.05, 0) is 24.1 Å². The van der Waals surface area contributed by atoms with E-state index < -0.39 is 10.2 Å². The van der Waals surface area contributed by atoms with Crippen molar-refractivity contribution in [3.8, 4) is 5.75 Å². The van der Waals surface area contributed by atoms with Gasteiger partial charge in [0, 0.05) is 39.3 Å². The van der Waals surface area contributed by atoms with Gasteiger partial charge in [0.2, 0.25) is 5.91 Å². The first-order valence-corrected chi connectivity index (χ1v) is 10.4. The summed E-state index contributed by atoms with van der Waals surface area (Å²) in [5.41, 5.74) is 1.93. The number of hydrogen-bond donors (Lipinski definition) is 0. The minimum atomic E-state index is -3.43. The van der Waals surface area contributed by atoms with E-state index in [9.17, 15) is 13.2 Å². The zero-order valence-corrected chi connectivity index (χ0v) is 16.9. The predicted octanol–water partition coefficient (Wildman–Crippen LogP) is 1.28. The van der Waals surface area contributed by atoms with Gasteiger partial charge in [0.1, 0.15) is 5.75 Å². The van der Waals surface area contributed by atoms with Crippen LogP contribution in [0.4, 0.5) is 0 Å². The van der Waals surface area contributed by atoms with E-state index >= 15 is 0 Å². The molecule has 8 heteroatoms. The molecule has 0 aromatic heterocycles. The van der Waals surface area contributed by atoms with E-state index in [0.29, 0.717) is 45.7 Å². The number of rotatable bonds is 7. The Morgan fingerprint density at radius 3 is 2.31 bits per heavy atom. The van der Waals surface area contributed by atoms with Crippen molar-refractivity contribution in [2.24, 2.45) is 0 Å². The predicted molar refractivity (Wildman–Crippen MR) is 101 cm³/mol. The molecule has 0 unspecified atom stereocenters. The standard InChI is InChI=1S/C18H29N3O4S/c1-5-20(6-2)26(23,24)21-11-9-19(10-12-21)18(22)14-16-8-7-15(3)17(13-16)25-4/h7-8,13H,5-6,9-12,14H2,1-4H3. The Morgan fingerprint density at radius 1 is 1.15 bits per heavy atom. The zero-order valence-electron chi connectivity index (χ0n) is 16.1. The van der Waals surface area contributed by atoms with Crippen LogP contribution in [0.1, 0.15) is 25.0 Å². The second-order valence-corrected chi connectivity index (χ2v) is 8.28. The molecule has 1 aliphatic rings. The number of amides is 1. The van der Waals surface area contributed by atoms with Crippen molar-refractivity contribution in [3.63, 3.8) is 0 Å². The highest BCUT2D eigenvalue weighted by Gasteiger charge is 2.32. The number of aryl methyl sites for hydroxylation is 1. The summed E-state index contributed by atoms with van der Waals surface area (Å²) in [6.07, 6.45) is 0.291. The van der Waals surface area contributed by atoms with Gasteiger partial charge in [0.05, 0.1) is 13.5 Å². The Kier molecular flexibility index (Phi) is 7.02. The number of nitrogens with zero attached hydrogens (tertiary/aromatic N) is 3. The Balaban J connectivity index is 1.96. The third kappa shape index (κ3) is 4.55. The highest BCUT2D eigenvalue weighted by Crippen LogP contribution is 2.20. The maximum absolute atomic E-state index is 12.6. The quantitative estimate of drug-likeness (QED) is 0.711. The number of methoxy groups -OCH3 is 1. The van der Waals surface area contributed by atoms with Gasteiger partial charge < -0.3 is 9.64 Å². The lowest BCUT2D eigenvalue weighted by Gasteiger charge is -2.36. The third-order valence-corrected chi connectivity index (χ3v) is 6.96. The molecule has 1 heterocycles. The third-order valence-electron chi connectivity index (χ3n) is 4.78. The lowest BCUT2D eigenvalue weighted by atomic mass is 10.1. The topological polar surface area (TPSA) is 70.2 Å². The maximum atomic E-state index is 12.6. The van der Waals surface area contributed by atoms with Gasteiger partial charge in [-0.3, -0.25) is 4.79 Å². The van der Waals surface area contributed by atoms with Crippen LogP contribution in [0.15, 0.2) is 18.2 Å². The number of carbonyl (C=O) groups excluding carboxylic acids is 1. The van der Waals surface area contributed by atoms with Crippen molar-refractivity contribution in [3.05, 3.63) is 29.3 Å². The molecule has 1 saturated heterocycles. The minimum absolute atomic E-state index is 0.00999. The van der Waals surface area contributed by atoms with Crippen LogP contribution < -0.4 is 4.74 Å². The molecule has 1 aromatic carbocycles. The smallest absolute Gasteiger partial charge is 0.282 e. The van der Waals surface area contributed by atoms with E-state index in [4.69, 9.17) is 4.74 Å². The number of piperazine rings is 1. The van der Waals surface area contributed by atoms with E-state index in [-0.39, 0.29) is 5.91 Å². The molecular weight excluding hydrogens is 354 g/mol. The van der Waals surface area contributed by atoms with E-state index in [1.54, 1.807) is 12.0 Å². The Hall–Kier alpha value is -1.64. The van der Waals surface area contributed by atoms with Crippen molar-refractivity contribution < 1.29 is 17.9 Å². The van der Waals surface area contributed by atoms with Crippen LogP contribution >= 0.6 is 0 Å². The molecule has 1 fully saturated rings. The highest BCUT2D eigenvalue weighted by molar-refractivity contribution is 7.86. The van der Waals surface area contributed by atoms with Crippen LogP contribution in [0.5, 0.6) is 5.75 Å². The van der Waals surface area contributed by atoms with Crippen molar-refractivity contribution in [1.82, 2.24) is 13.5 Å². The van der Waals surface area contributed by atoms with Crippen LogP contribution in [0.3, 0.4) is 0 Å². The average molecular weight is 384 g/mol. The second-order valence-electron chi connectivity index (χ2n) is 6.35. The molecule has 0 atom stereocenters. The molecule has 2 rings (SSSR count). The molecule has 7 nitrogen and oxygen atoms in total. The van der Waals surface area contributed by atoms with Gasteiger partial charge in [-0.2, -0.15) is 17.0 Å². The van der Waals surface area contributed by atoms with Crippen LogP contribution in [-0.2, 0) is 21.4 Å². The van der Waals surface area contributed by atoms with E-state index in [1.165, 1.54) is 8.61 Å². The molecule has 146 valence electrons. The van der Waals surface area contributed by atoms with Crippen LogP contribution in [-0.4, -0.2) is 74.2 Å². The monoisotopic (exact) mass is 383 g/mol. The average Bonchev–Trinajstić information content (AvgIpc) is 2.64. The van der Waals surface area contributed by atoms with Crippen molar-refractivity contribution >= 4 is 16.1 Å². The first kappa shape index (κ1) is 20.7. The largest absolute Gasteiger partial charge is 0.496 e. The normalized spacial score (nSPS) is 16.1. The summed E-state index contributed by atoms with van der Waals surface area (Å²) in [4.78, 5) is 14.3. The molecule has 0 aliphatic carbocycles. The van der Waals surface area contributed by atoms with Crippen molar-refractivity contribution in [1.29, 1.82) is 0 Å². The molecule has 0 saturated carbocycles. The Bertz CT molecular complexity index is 724. The minimum Gasteiger partial charge on any atom is -0.496 e. The maximum Gasteiger partial charge on any atom is 0.282 e. The summed E-state index contributed by atoms with van der Waals surface area (Å²) in [5.74, 6) is 0.779. The fourth-order valence-electron chi connectivity index (χ4n) is 3.14. The van der Waals surface area contributed by atoms with E-state index in [2.05, 4.69) is 0 Å². The fraction of sp³-hybridized carbons (Fsp3) is 0.611. The van der Waals surface area contributed by atoms with Gasteiger partial charge in [-0.25, -0.2) is 0 Å². The lowest BCUT2D eigenvalue weighted by Crippen LogP contribution is -2.54. The molecule has 0 radical (unpaired) electrons. The summed E-state index contributed by atoms with van der Waals surface area (Å²) >= 11 is 0. The van der Waals surface area contributed by atoms with E-state index in [1.807, 2.05) is 39.0 Å². The van der Waals surface area contributed by atoms with Crippen LogP contribution in [0.25, 0.3) is 0 Å². The molecule has 0 spiro atoms. The van der Waals surface area contributed by atoms with Gasteiger partial charge >= 0.3 is 0 Å². The molecule has 0 bridgehead atoms. The van der Waals surface area contributed by atoms with Crippen LogP contribution in [0, 0.1) is 6.92 Å². The van der Waals surface area contributed by atoms with Crippen molar-refractivity contribution in [2.75, 3.05) is 46.4 Å². The number of hydrogen-bond acceptors (Lipinski definition) is 4. The molecular formula is C18H29N3O4S. The number of carbonyl (C=O) groups is 1. The van der Waals surface area contributed by atoms with Crippen molar-refractivity contribution in [2.45, 2.75) is 27.2 Å². The molecule has 26 heavy (non-hydrogen) atoms. The second kappa shape index (κ2) is 8.83. The SMILES string of the molecule is CCN(CC)S(=O)(=O)N1CCN(C(=O)Cc2ccc(C)c(OC)c2)CC1. The summed E-state index contributed by atoms with van der Waals surface area (Å²) in [6.45, 7) is 8.03. The number of ether oxygens (including phenoxy) is 1. The summed E-state index contributed by atoms with van der Waals surface area (Å²) in [6, 6.07) is 5.75. The van der Waals surface area contributed by atoms with Crippen LogP contribution in [0.2, 0.25) is 0 Å². The molecule has 1 amide bonds. The van der Waals surface area contributed by atoms with Gasteiger partial charge in [-0.15, -0.1) is 0 Å². The molecule has 0 N–H and O–H groups in total. The fourth-order valence-corrected chi connectivity index (χ4v) is 4.75. The highest BCUT2D eigenvalue weighted by atomic mass is 32.2. The first-order chi connectivity index (χ1) is 12.3. The van der Waals surface area contributed by atoms with Gasteiger partial charge in [0.15, 0.2) is 0 Å². The molecule has 1 aromatic rings. The van der Waals surface area contributed by atoms with E-state index in [0.717, 1.165) is 16.9 Å². The van der Waals surface area contributed by atoms with Gasteiger partial charge in [-0.1, -0.05) is 26.0 Å². The summed E-state index contributed by atoms with van der Waals surface area (Å²) < 4.78 is 33.3. The van der Waals surface area contributed by atoms with Gasteiger partial charge in [0.25, 0.3) is 10.2 Å².